The van der Waals surface area contributed by atoms with Gasteiger partial charge in [-0.05, 0) is 24.6 Å². The first-order valence-corrected chi connectivity index (χ1v) is 5.94. The van der Waals surface area contributed by atoms with E-state index in [0.717, 1.165) is 30.7 Å². The minimum Gasteiger partial charge on any atom is -0.308 e. The van der Waals surface area contributed by atoms with E-state index in [1.165, 1.54) is 6.07 Å². The van der Waals surface area contributed by atoms with Crippen molar-refractivity contribution in [1.29, 1.82) is 0 Å². The van der Waals surface area contributed by atoms with Crippen molar-refractivity contribution >= 4 is 5.82 Å². The number of nitrogens with one attached hydrogen (secondary N) is 1. The van der Waals surface area contributed by atoms with Gasteiger partial charge < -0.3 is 5.43 Å². The summed E-state index contributed by atoms with van der Waals surface area (Å²) in [4.78, 5) is 8.46. The number of rotatable bonds is 4. The Morgan fingerprint density at radius 2 is 1.95 bits per heavy atom. The number of anilines is 1. The third-order valence-electron chi connectivity index (χ3n) is 2.61. The molecule has 0 aliphatic rings. The minimum atomic E-state index is -0.927. The van der Waals surface area contributed by atoms with Crippen LogP contribution in [0.15, 0.2) is 24.3 Å². The van der Waals surface area contributed by atoms with E-state index in [2.05, 4.69) is 15.4 Å². The lowest BCUT2D eigenvalue weighted by molar-refractivity contribution is 0.509. The third-order valence-corrected chi connectivity index (χ3v) is 2.61. The van der Waals surface area contributed by atoms with E-state index in [1.54, 1.807) is 6.07 Å². The van der Waals surface area contributed by atoms with Crippen LogP contribution in [0.25, 0.3) is 11.4 Å². The molecule has 2 aromatic rings. The predicted molar refractivity (Wildman–Crippen MR) is 69.2 cm³/mol. The smallest absolute Gasteiger partial charge is 0.161 e. The molecular weight excluding hydrogens is 250 g/mol. The highest BCUT2D eigenvalue weighted by Gasteiger charge is 2.09. The second kappa shape index (κ2) is 5.71. The van der Waals surface area contributed by atoms with E-state index < -0.39 is 11.6 Å². The van der Waals surface area contributed by atoms with Gasteiger partial charge in [-0.15, -0.1) is 0 Å². The molecule has 0 saturated carbocycles. The van der Waals surface area contributed by atoms with Gasteiger partial charge in [0, 0.05) is 17.3 Å². The van der Waals surface area contributed by atoms with Crippen LogP contribution in [0.2, 0.25) is 0 Å². The van der Waals surface area contributed by atoms with Crippen molar-refractivity contribution in [3.8, 4) is 11.4 Å². The maximum Gasteiger partial charge on any atom is 0.161 e. The topological polar surface area (TPSA) is 63.8 Å². The Bertz CT molecular complexity index is 587. The molecule has 0 atom stereocenters. The molecule has 0 unspecified atom stereocenters. The van der Waals surface area contributed by atoms with Crippen LogP contribution in [0.3, 0.4) is 0 Å². The summed E-state index contributed by atoms with van der Waals surface area (Å²) in [6.45, 7) is 2.02. The second-order valence-electron chi connectivity index (χ2n) is 4.09. The quantitative estimate of drug-likeness (QED) is 0.658. The van der Waals surface area contributed by atoms with Gasteiger partial charge in [-0.1, -0.05) is 13.3 Å². The Balaban J connectivity index is 2.47. The highest BCUT2D eigenvalue weighted by Crippen LogP contribution is 2.20. The fourth-order valence-corrected chi connectivity index (χ4v) is 1.72. The van der Waals surface area contributed by atoms with Crippen molar-refractivity contribution in [1.82, 2.24) is 9.97 Å². The van der Waals surface area contributed by atoms with Crippen molar-refractivity contribution in [2.24, 2.45) is 5.84 Å². The molecule has 0 amide bonds. The van der Waals surface area contributed by atoms with Gasteiger partial charge in [-0.2, -0.15) is 0 Å². The molecule has 1 aromatic heterocycles. The summed E-state index contributed by atoms with van der Waals surface area (Å²) in [6.07, 6.45) is 1.67. The maximum absolute atomic E-state index is 13.2. The second-order valence-corrected chi connectivity index (χ2v) is 4.09. The van der Waals surface area contributed by atoms with Crippen LogP contribution in [0.5, 0.6) is 0 Å². The molecule has 0 saturated heterocycles. The number of nitrogens with zero attached hydrogens (tertiary/aromatic N) is 2. The van der Waals surface area contributed by atoms with E-state index in [9.17, 15) is 8.78 Å². The number of aromatic nitrogens is 2. The highest BCUT2D eigenvalue weighted by molar-refractivity contribution is 5.57. The average Bonchev–Trinajstić information content (AvgIpc) is 2.42. The van der Waals surface area contributed by atoms with Crippen LogP contribution < -0.4 is 11.3 Å². The summed E-state index contributed by atoms with van der Waals surface area (Å²) in [6, 6.07) is 5.29. The van der Waals surface area contributed by atoms with Crippen molar-refractivity contribution in [3.63, 3.8) is 0 Å². The zero-order chi connectivity index (χ0) is 13.8. The van der Waals surface area contributed by atoms with Crippen LogP contribution in [0.1, 0.15) is 19.0 Å². The Labute approximate surface area is 109 Å². The number of nitrogen functional groups attached to an aromatic ring is 1. The van der Waals surface area contributed by atoms with E-state index in [1.807, 2.05) is 6.92 Å². The SMILES string of the molecule is CCCc1cc(NN)nc(-c2ccc(F)c(F)c2)n1. The minimum absolute atomic E-state index is 0.317. The molecule has 1 aromatic carbocycles. The van der Waals surface area contributed by atoms with Gasteiger partial charge in [-0.3, -0.25) is 0 Å². The van der Waals surface area contributed by atoms with Crippen molar-refractivity contribution in [2.45, 2.75) is 19.8 Å². The largest absolute Gasteiger partial charge is 0.308 e. The number of hydrazine groups is 1. The maximum atomic E-state index is 13.2. The van der Waals surface area contributed by atoms with E-state index in [-0.39, 0.29) is 0 Å². The van der Waals surface area contributed by atoms with Gasteiger partial charge in [0.15, 0.2) is 17.5 Å². The van der Waals surface area contributed by atoms with Crippen LogP contribution in [0.4, 0.5) is 14.6 Å². The van der Waals surface area contributed by atoms with Crippen molar-refractivity contribution in [2.75, 3.05) is 5.43 Å². The first kappa shape index (κ1) is 13.4. The number of halogens is 2. The normalized spacial score (nSPS) is 10.5. The molecule has 0 aliphatic heterocycles. The van der Waals surface area contributed by atoms with Gasteiger partial charge in [0.2, 0.25) is 0 Å². The van der Waals surface area contributed by atoms with Crippen molar-refractivity contribution in [3.05, 3.63) is 41.6 Å². The lowest BCUT2D eigenvalue weighted by Gasteiger charge is -2.07. The Kier molecular flexibility index (Phi) is 4.01. The fraction of sp³-hybridized carbons (Fsp3) is 0.231. The Hall–Kier alpha value is -2.08. The lowest BCUT2D eigenvalue weighted by atomic mass is 10.2. The van der Waals surface area contributed by atoms with E-state index in [4.69, 9.17) is 5.84 Å². The highest BCUT2D eigenvalue weighted by atomic mass is 19.2. The summed E-state index contributed by atoms with van der Waals surface area (Å²) >= 11 is 0. The van der Waals surface area contributed by atoms with E-state index in [0.29, 0.717) is 17.2 Å². The molecular formula is C13H14F2N4. The Morgan fingerprint density at radius 3 is 2.58 bits per heavy atom. The fourth-order valence-electron chi connectivity index (χ4n) is 1.72. The molecule has 1 heterocycles. The molecule has 3 N–H and O–H groups in total. The average molecular weight is 264 g/mol. The van der Waals surface area contributed by atoms with Crippen molar-refractivity contribution < 1.29 is 8.78 Å². The summed E-state index contributed by atoms with van der Waals surface area (Å²) in [5, 5.41) is 0. The number of hydrogen-bond acceptors (Lipinski definition) is 4. The molecule has 0 aliphatic carbocycles. The van der Waals surface area contributed by atoms with Crippen LogP contribution >= 0.6 is 0 Å². The zero-order valence-electron chi connectivity index (χ0n) is 10.5. The molecule has 4 nitrogen and oxygen atoms in total. The van der Waals surface area contributed by atoms with Crippen LogP contribution in [0, 0.1) is 11.6 Å². The predicted octanol–water partition coefficient (Wildman–Crippen LogP) is 2.66. The van der Waals surface area contributed by atoms with Gasteiger partial charge in [0.05, 0.1) is 0 Å². The summed E-state index contributed by atoms with van der Waals surface area (Å²) < 4.78 is 26.1. The summed E-state index contributed by atoms with van der Waals surface area (Å²) in [5.74, 6) is 4.28. The molecule has 6 heteroatoms. The van der Waals surface area contributed by atoms with E-state index >= 15 is 0 Å². The summed E-state index contributed by atoms with van der Waals surface area (Å²) in [7, 11) is 0. The molecule has 100 valence electrons. The van der Waals surface area contributed by atoms with Crippen LogP contribution in [-0.2, 0) is 6.42 Å². The first-order valence-electron chi connectivity index (χ1n) is 5.94. The van der Waals surface area contributed by atoms with Gasteiger partial charge >= 0.3 is 0 Å². The number of hydrogen-bond donors (Lipinski definition) is 2. The monoisotopic (exact) mass is 264 g/mol. The molecule has 19 heavy (non-hydrogen) atoms. The number of nitrogens with two attached hydrogens (primary N) is 1. The zero-order valence-corrected chi connectivity index (χ0v) is 10.5. The number of benzene rings is 1. The molecule has 0 radical (unpaired) electrons. The molecule has 0 bridgehead atoms. The Morgan fingerprint density at radius 1 is 1.16 bits per heavy atom. The van der Waals surface area contributed by atoms with Gasteiger partial charge in [0.1, 0.15) is 5.82 Å². The number of aryl methyl sites for hydroxylation is 1. The summed E-state index contributed by atoms with van der Waals surface area (Å²) in [5.41, 5.74) is 3.65. The first-order chi connectivity index (χ1) is 9.13. The van der Waals surface area contributed by atoms with Gasteiger partial charge in [-0.25, -0.2) is 24.6 Å². The third kappa shape index (κ3) is 3.03. The molecule has 0 spiro atoms. The molecule has 2 rings (SSSR count). The van der Waals surface area contributed by atoms with Gasteiger partial charge in [0.25, 0.3) is 0 Å². The molecule has 0 fully saturated rings. The standard InChI is InChI=1S/C13H14F2N4/c1-2-3-9-7-12(19-16)18-13(17-9)8-4-5-10(14)11(15)6-8/h4-7H,2-3,16H2,1H3,(H,17,18,19). The van der Waals surface area contributed by atoms with Crippen LogP contribution in [-0.4, -0.2) is 9.97 Å². The lowest BCUT2D eigenvalue weighted by Crippen LogP contribution is -2.10.